The lowest BCUT2D eigenvalue weighted by molar-refractivity contribution is 0.260. The Morgan fingerprint density at radius 2 is 1.22 bits per heavy atom. The van der Waals surface area contributed by atoms with Crippen LogP contribution in [0.4, 0.5) is 0 Å². The number of hydrogen-bond donors (Lipinski definition) is 3. The van der Waals surface area contributed by atoms with E-state index in [0.29, 0.717) is 0 Å². The SMILES string of the molecule is Cl.NCCCCN(CCCN)CCCCCNCc1c2ccccc2cc2ccccc12. The predicted octanol–water partition coefficient (Wildman–Crippen LogP) is 5.06. The largest absolute Gasteiger partial charge is 0.330 e. The number of unbranched alkanes of at least 4 members (excludes halogenated alkanes) is 3. The third-order valence-electron chi connectivity index (χ3n) is 6.12. The number of nitrogens with two attached hydrogens (primary N) is 2. The predicted molar refractivity (Wildman–Crippen MR) is 143 cm³/mol. The Hall–Kier alpha value is -1.69. The van der Waals surface area contributed by atoms with E-state index < -0.39 is 0 Å². The maximum Gasteiger partial charge on any atom is 0.0217 e. The van der Waals surface area contributed by atoms with Gasteiger partial charge in [-0.25, -0.2) is 0 Å². The highest BCUT2D eigenvalue weighted by molar-refractivity contribution is 6.02. The van der Waals surface area contributed by atoms with Crippen LogP contribution in [0.25, 0.3) is 21.5 Å². The molecule has 0 spiro atoms. The average Bonchev–Trinajstić information content (AvgIpc) is 2.80. The van der Waals surface area contributed by atoms with E-state index in [4.69, 9.17) is 11.5 Å². The molecule has 32 heavy (non-hydrogen) atoms. The van der Waals surface area contributed by atoms with Crippen LogP contribution in [0.5, 0.6) is 0 Å². The van der Waals surface area contributed by atoms with Crippen molar-refractivity contribution in [2.75, 3.05) is 39.3 Å². The van der Waals surface area contributed by atoms with Gasteiger partial charge >= 0.3 is 0 Å². The Balaban J connectivity index is 0.00000363. The van der Waals surface area contributed by atoms with E-state index in [1.165, 1.54) is 59.3 Å². The molecule has 3 aromatic rings. The van der Waals surface area contributed by atoms with Crippen LogP contribution in [0.3, 0.4) is 0 Å². The molecule has 0 aromatic heterocycles. The lowest BCUT2D eigenvalue weighted by Crippen LogP contribution is -2.29. The number of nitrogens with zero attached hydrogens (tertiary/aromatic N) is 1. The Morgan fingerprint density at radius 1 is 0.656 bits per heavy atom. The fourth-order valence-corrected chi connectivity index (χ4v) is 4.40. The molecule has 4 nitrogen and oxygen atoms in total. The first-order chi connectivity index (χ1) is 15.3. The number of halogens is 1. The van der Waals surface area contributed by atoms with Crippen LogP contribution in [0.15, 0.2) is 54.6 Å². The third-order valence-corrected chi connectivity index (χ3v) is 6.12. The topological polar surface area (TPSA) is 67.3 Å². The van der Waals surface area contributed by atoms with Gasteiger partial charge in [-0.3, -0.25) is 0 Å². The van der Waals surface area contributed by atoms with Crippen LogP contribution in [-0.2, 0) is 6.54 Å². The van der Waals surface area contributed by atoms with Gasteiger partial charge in [-0.05, 0) is 105 Å². The van der Waals surface area contributed by atoms with E-state index in [1.807, 2.05) is 0 Å². The van der Waals surface area contributed by atoms with Crippen LogP contribution in [-0.4, -0.2) is 44.2 Å². The fraction of sp³-hybridized carbons (Fsp3) is 0.481. The zero-order chi connectivity index (χ0) is 21.7. The summed E-state index contributed by atoms with van der Waals surface area (Å²) in [6, 6.07) is 19.8. The molecule has 5 heteroatoms. The summed E-state index contributed by atoms with van der Waals surface area (Å²) in [7, 11) is 0. The third kappa shape index (κ3) is 8.02. The van der Waals surface area contributed by atoms with Gasteiger partial charge in [0.1, 0.15) is 0 Å². The molecule has 5 N–H and O–H groups in total. The highest BCUT2D eigenvalue weighted by atomic mass is 35.5. The molecule has 0 aliphatic rings. The van der Waals surface area contributed by atoms with Crippen molar-refractivity contribution in [3.63, 3.8) is 0 Å². The monoisotopic (exact) mass is 456 g/mol. The van der Waals surface area contributed by atoms with E-state index in [1.54, 1.807) is 0 Å². The molecule has 0 saturated heterocycles. The lowest BCUT2D eigenvalue weighted by Gasteiger charge is -2.22. The summed E-state index contributed by atoms with van der Waals surface area (Å²) in [5.74, 6) is 0. The number of benzene rings is 3. The molecule has 0 bridgehead atoms. The quantitative estimate of drug-likeness (QED) is 0.221. The lowest BCUT2D eigenvalue weighted by atomic mass is 9.97. The Labute approximate surface area is 200 Å². The van der Waals surface area contributed by atoms with Crippen molar-refractivity contribution in [3.8, 4) is 0 Å². The van der Waals surface area contributed by atoms with E-state index in [9.17, 15) is 0 Å². The van der Waals surface area contributed by atoms with E-state index in [-0.39, 0.29) is 12.4 Å². The molecule has 0 atom stereocenters. The van der Waals surface area contributed by atoms with Crippen molar-refractivity contribution < 1.29 is 0 Å². The molecule has 3 rings (SSSR count). The summed E-state index contributed by atoms with van der Waals surface area (Å²) >= 11 is 0. The van der Waals surface area contributed by atoms with Crippen molar-refractivity contribution in [1.29, 1.82) is 0 Å². The van der Waals surface area contributed by atoms with Gasteiger partial charge in [-0.1, -0.05) is 55.0 Å². The minimum atomic E-state index is 0. The molecule has 0 amide bonds. The highest BCUT2D eigenvalue weighted by Gasteiger charge is 2.07. The van der Waals surface area contributed by atoms with Crippen LogP contribution in [0.1, 0.15) is 44.1 Å². The van der Waals surface area contributed by atoms with E-state index >= 15 is 0 Å². The number of hydrogen-bond acceptors (Lipinski definition) is 4. The summed E-state index contributed by atoms with van der Waals surface area (Å²) < 4.78 is 0. The van der Waals surface area contributed by atoms with Gasteiger partial charge in [0.2, 0.25) is 0 Å². The van der Waals surface area contributed by atoms with Crippen LogP contribution in [0.2, 0.25) is 0 Å². The van der Waals surface area contributed by atoms with Gasteiger partial charge < -0.3 is 21.7 Å². The van der Waals surface area contributed by atoms with Gasteiger partial charge in [0.15, 0.2) is 0 Å². The summed E-state index contributed by atoms with van der Waals surface area (Å²) in [4.78, 5) is 2.57. The van der Waals surface area contributed by atoms with Gasteiger partial charge in [0, 0.05) is 6.54 Å². The summed E-state index contributed by atoms with van der Waals surface area (Å²) in [6.45, 7) is 7.01. The molecule has 0 aliphatic heterocycles. The number of rotatable bonds is 15. The second kappa shape index (κ2) is 15.2. The molecule has 0 fully saturated rings. The highest BCUT2D eigenvalue weighted by Crippen LogP contribution is 2.28. The van der Waals surface area contributed by atoms with Crippen molar-refractivity contribution >= 4 is 34.0 Å². The fourth-order valence-electron chi connectivity index (χ4n) is 4.40. The summed E-state index contributed by atoms with van der Waals surface area (Å²) in [5.41, 5.74) is 12.8. The maximum absolute atomic E-state index is 5.70. The Bertz CT molecular complexity index is 860. The molecule has 0 aliphatic carbocycles. The number of fused-ring (bicyclic) bond motifs is 2. The normalized spacial score (nSPS) is 11.3. The van der Waals surface area contributed by atoms with Crippen LogP contribution >= 0.6 is 12.4 Å². The summed E-state index contributed by atoms with van der Waals surface area (Å²) in [6.07, 6.45) is 7.14. The zero-order valence-corrected chi connectivity index (χ0v) is 20.2. The van der Waals surface area contributed by atoms with Crippen molar-refractivity contribution in [1.82, 2.24) is 10.2 Å². The number of nitrogens with one attached hydrogen (secondary N) is 1. The van der Waals surface area contributed by atoms with Crippen LogP contribution in [0, 0.1) is 0 Å². The van der Waals surface area contributed by atoms with Gasteiger partial charge in [0.05, 0.1) is 0 Å². The molecule has 0 heterocycles. The average molecular weight is 457 g/mol. The van der Waals surface area contributed by atoms with Crippen molar-refractivity contribution in [2.24, 2.45) is 11.5 Å². The molecule has 0 radical (unpaired) electrons. The Kier molecular flexibility index (Phi) is 12.6. The smallest absolute Gasteiger partial charge is 0.0217 e. The first-order valence-electron chi connectivity index (χ1n) is 12.1. The molecule has 0 unspecified atom stereocenters. The zero-order valence-electron chi connectivity index (χ0n) is 19.4. The van der Waals surface area contributed by atoms with Crippen LogP contribution < -0.4 is 16.8 Å². The minimum Gasteiger partial charge on any atom is -0.330 e. The van der Waals surface area contributed by atoms with E-state index in [0.717, 1.165) is 52.1 Å². The second-order valence-corrected chi connectivity index (χ2v) is 8.51. The minimum absolute atomic E-state index is 0. The van der Waals surface area contributed by atoms with Crippen molar-refractivity contribution in [2.45, 2.75) is 45.1 Å². The molecule has 0 saturated carbocycles. The Morgan fingerprint density at radius 3 is 1.84 bits per heavy atom. The van der Waals surface area contributed by atoms with Gasteiger partial charge in [0.25, 0.3) is 0 Å². The first-order valence-corrected chi connectivity index (χ1v) is 12.1. The molecule has 3 aromatic carbocycles. The molecular weight excluding hydrogens is 416 g/mol. The summed E-state index contributed by atoms with van der Waals surface area (Å²) in [5, 5.41) is 9.08. The second-order valence-electron chi connectivity index (χ2n) is 8.51. The van der Waals surface area contributed by atoms with Gasteiger partial charge in [-0.15, -0.1) is 12.4 Å². The van der Waals surface area contributed by atoms with Crippen molar-refractivity contribution in [3.05, 3.63) is 60.2 Å². The standard InChI is InChI=1S/C27H40N4.ClH/c28-15-6-9-19-31(20-10-16-29)18-8-1-7-17-30-22-27-25-13-4-2-11-23(25)21-24-12-3-5-14-26(24)27;/h2-5,11-14,21,30H,1,6-10,15-20,22,28-29H2;1H. The molecular formula is C27H41ClN4. The first kappa shape index (κ1) is 26.6. The van der Waals surface area contributed by atoms with E-state index in [2.05, 4.69) is 64.8 Å². The molecule has 176 valence electrons. The maximum atomic E-state index is 5.70. The van der Waals surface area contributed by atoms with Gasteiger partial charge in [-0.2, -0.15) is 0 Å².